The number of tetrazole rings is 1. The molecule has 1 heterocycles. The summed E-state index contributed by atoms with van der Waals surface area (Å²) in [5, 5.41) is 13.4. The first-order valence-electron chi connectivity index (χ1n) is 7.68. The van der Waals surface area contributed by atoms with Gasteiger partial charge < -0.3 is 4.90 Å². The Morgan fingerprint density at radius 3 is 2.62 bits per heavy atom. The van der Waals surface area contributed by atoms with Crippen LogP contribution in [0.25, 0.3) is 5.69 Å². The smallest absolute Gasteiger partial charge is 0.233 e. The van der Waals surface area contributed by atoms with Crippen LogP contribution in [-0.2, 0) is 11.3 Å². The van der Waals surface area contributed by atoms with E-state index < -0.39 is 0 Å². The van der Waals surface area contributed by atoms with E-state index in [0.29, 0.717) is 21.7 Å². The summed E-state index contributed by atoms with van der Waals surface area (Å²) < 4.78 is 1.56. The van der Waals surface area contributed by atoms with E-state index in [0.717, 1.165) is 11.3 Å². The lowest BCUT2D eigenvalue weighted by Gasteiger charge is -2.17. The third-order valence-electron chi connectivity index (χ3n) is 3.55. The van der Waals surface area contributed by atoms with Crippen LogP contribution in [0.4, 0.5) is 0 Å². The quantitative estimate of drug-likeness (QED) is 0.582. The third kappa shape index (κ3) is 4.75. The molecule has 0 N–H and O–H groups in total. The van der Waals surface area contributed by atoms with Gasteiger partial charge in [-0.25, -0.2) is 0 Å². The molecular formula is C17H15Cl2N5OS. The highest BCUT2D eigenvalue weighted by molar-refractivity contribution is 7.99. The Morgan fingerprint density at radius 2 is 1.88 bits per heavy atom. The summed E-state index contributed by atoms with van der Waals surface area (Å²) in [5.41, 5.74) is 1.71. The first-order chi connectivity index (χ1) is 12.5. The summed E-state index contributed by atoms with van der Waals surface area (Å²) >= 11 is 13.3. The Morgan fingerprint density at radius 1 is 1.15 bits per heavy atom. The molecule has 0 saturated heterocycles. The maximum Gasteiger partial charge on any atom is 0.233 e. The zero-order valence-corrected chi connectivity index (χ0v) is 16.2. The van der Waals surface area contributed by atoms with E-state index in [2.05, 4.69) is 15.5 Å². The number of benzene rings is 2. The van der Waals surface area contributed by atoms with Gasteiger partial charge in [-0.2, -0.15) is 4.68 Å². The predicted molar refractivity (Wildman–Crippen MR) is 103 cm³/mol. The van der Waals surface area contributed by atoms with Crippen molar-refractivity contribution in [2.45, 2.75) is 11.7 Å². The van der Waals surface area contributed by atoms with Crippen LogP contribution in [0.3, 0.4) is 0 Å². The Bertz CT molecular complexity index is 917. The van der Waals surface area contributed by atoms with Crippen LogP contribution in [0.2, 0.25) is 10.0 Å². The molecule has 0 bridgehead atoms. The maximum absolute atomic E-state index is 12.4. The highest BCUT2D eigenvalue weighted by Gasteiger charge is 2.14. The van der Waals surface area contributed by atoms with Crippen molar-refractivity contribution in [2.75, 3.05) is 12.8 Å². The molecule has 134 valence electrons. The average molecular weight is 408 g/mol. The second-order valence-electron chi connectivity index (χ2n) is 5.52. The van der Waals surface area contributed by atoms with Crippen molar-refractivity contribution in [2.24, 2.45) is 0 Å². The van der Waals surface area contributed by atoms with Gasteiger partial charge in [0.1, 0.15) is 0 Å². The summed E-state index contributed by atoms with van der Waals surface area (Å²) in [6, 6.07) is 14.6. The van der Waals surface area contributed by atoms with Crippen LogP contribution in [0, 0.1) is 0 Å². The van der Waals surface area contributed by atoms with Gasteiger partial charge in [-0.3, -0.25) is 4.79 Å². The number of rotatable bonds is 6. The number of aromatic nitrogens is 4. The van der Waals surface area contributed by atoms with Gasteiger partial charge in [0, 0.05) is 23.6 Å². The molecule has 0 unspecified atom stereocenters. The van der Waals surface area contributed by atoms with Crippen LogP contribution in [0.5, 0.6) is 0 Å². The Labute approximate surface area is 165 Å². The number of halogens is 2. The SMILES string of the molecule is CN(Cc1cccc(Cl)c1)C(=O)CSc1nnnn1-c1cccc(Cl)c1. The largest absolute Gasteiger partial charge is 0.341 e. The monoisotopic (exact) mass is 407 g/mol. The van der Waals surface area contributed by atoms with Gasteiger partial charge in [0.2, 0.25) is 11.1 Å². The zero-order valence-electron chi connectivity index (χ0n) is 13.8. The first kappa shape index (κ1) is 18.7. The number of amides is 1. The molecule has 6 nitrogen and oxygen atoms in total. The lowest BCUT2D eigenvalue weighted by atomic mass is 10.2. The topological polar surface area (TPSA) is 63.9 Å². The van der Waals surface area contributed by atoms with Crippen molar-refractivity contribution in [3.05, 3.63) is 64.1 Å². The van der Waals surface area contributed by atoms with Crippen LogP contribution < -0.4 is 0 Å². The van der Waals surface area contributed by atoms with Crippen molar-refractivity contribution in [3.8, 4) is 5.69 Å². The van der Waals surface area contributed by atoms with E-state index in [1.54, 1.807) is 34.8 Å². The Balaban J connectivity index is 1.62. The molecule has 0 fully saturated rings. The predicted octanol–water partition coefficient (Wildman–Crippen LogP) is 3.72. The number of carbonyl (C=O) groups is 1. The van der Waals surface area contributed by atoms with Gasteiger partial charge in [-0.1, -0.05) is 53.2 Å². The zero-order chi connectivity index (χ0) is 18.5. The molecular weight excluding hydrogens is 393 g/mol. The van der Waals surface area contributed by atoms with Crippen LogP contribution >= 0.6 is 35.0 Å². The van der Waals surface area contributed by atoms with E-state index in [1.807, 2.05) is 30.3 Å². The highest BCUT2D eigenvalue weighted by Crippen LogP contribution is 2.21. The number of carbonyl (C=O) groups excluding carboxylic acids is 1. The first-order valence-corrected chi connectivity index (χ1v) is 9.42. The van der Waals surface area contributed by atoms with Crippen LogP contribution in [0.15, 0.2) is 53.7 Å². The van der Waals surface area contributed by atoms with Crippen LogP contribution in [0.1, 0.15) is 5.56 Å². The highest BCUT2D eigenvalue weighted by atomic mass is 35.5. The van der Waals surface area contributed by atoms with Crippen molar-refractivity contribution < 1.29 is 4.79 Å². The number of thioether (sulfide) groups is 1. The van der Waals surface area contributed by atoms with E-state index in [-0.39, 0.29) is 11.7 Å². The van der Waals surface area contributed by atoms with Gasteiger partial charge in [-0.15, -0.1) is 5.10 Å². The fraction of sp³-hybridized carbons (Fsp3) is 0.176. The summed E-state index contributed by atoms with van der Waals surface area (Å²) in [5.74, 6) is 0.188. The molecule has 0 radical (unpaired) electrons. The fourth-order valence-corrected chi connectivity index (χ4v) is 3.50. The van der Waals surface area contributed by atoms with Gasteiger partial charge in [0.25, 0.3) is 0 Å². The molecule has 3 rings (SSSR count). The molecule has 0 aliphatic carbocycles. The summed E-state index contributed by atoms with van der Waals surface area (Å²) in [6.07, 6.45) is 0. The standard InChI is InChI=1S/C17H15Cl2N5OS/c1-23(10-12-4-2-5-13(18)8-12)16(25)11-26-17-20-21-22-24(17)15-7-3-6-14(19)9-15/h2-9H,10-11H2,1H3. The van der Waals surface area contributed by atoms with Crippen molar-refractivity contribution in [1.82, 2.24) is 25.1 Å². The van der Waals surface area contributed by atoms with E-state index in [1.165, 1.54) is 11.8 Å². The average Bonchev–Trinajstić information content (AvgIpc) is 3.08. The molecule has 3 aromatic rings. The van der Waals surface area contributed by atoms with Crippen molar-refractivity contribution in [3.63, 3.8) is 0 Å². The van der Waals surface area contributed by atoms with Crippen molar-refractivity contribution >= 4 is 40.9 Å². The minimum atomic E-state index is -0.0318. The van der Waals surface area contributed by atoms with Gasteiger partial charge in [0.05, 0.1) is 11.4 Å². The van der Waals surface area contributed by atoms with Crippen LogP contribution in [-0.4, -0.2) is 43.8 Å². The van der Waals surface area contributed by atoms with Gasteiger partial charge >= 0.3 is 0 Å². The molecule has 0 aliphatic heterocycles. The molecule has 1 amide bonds. The number of hydrogen-bond acceptors (Lipinski definition) is 5. The summed E-state index contributed by atoms with van der Waals surface area (Å²) in [6.45, 7) is 0.485. The van der Waals surface area contributed by atoms with E-state index in [9.17, 15) is 4.79 Å². The van der Waals surface area contributed by atoms with Crippen molar-refractivity contribution in [1.29, 1.82) is 0 Å². The fourth-order valence-electron chi connectivity index (χ4n) is 2.27. The molecule has 26 heavy (non-hydrogen) atoms. The number of hydrogen-bond donors (Lipinski definition) is 0. The number of nitrogens with zero attached hydrogens (tertiary/aromatic N) is 5. The Kier molecular flexibility index (Phi) is 6.13. The Hall–Kier alpha value is -2.09. The second kappa shape index (κ2) is 8.53. The molecule has 0 atom stereocenters. The third-order valence-corrected chi connectivity index (χ3v) is 4.93. The summed E-state index contributed by atoms with van der Waals surface area (Å²) in [4.78, 5) is 14.0. The second-order valence-corrected chi connectivity index (χ2v) is 7.34. The molecule has 9 heteroatoms. The molecule has 1 aromatic heterocycles. The lowest BCUT2D eigenvalue weighted by molar-refractivity contribution is -0.127. The molecule has 0 aliphatic rings. The molecule has 0 spiro atoms. The molecule has 2 aromatic carbocycles. The normalized spacial score (nSPS) is 10.7. The maximum atomic E-state index is 12.4. The van der Waals surface area contributed by atoms with Gasteiger partial charge in [-0.05, 0) is 46.3 Å². The summed E-state index contributed by atoms with van der Waals surface area (Å²) in [7, 11) is 1.75. The van der Waals surface area contributed by atoms with E-state index >= 15 is 0 Å². The minimum Gasteiger partial charge on any atom is -0.341 e. The van der Waals surface area contributed by atoms with E-state index in [4.69, 9.17) is 23.2 Å². The molecule has 0 saturated carbocycles. The minimum absolute atomic E-state index is 0.0318. The van der Waals surface area contributed by atoms with Gasteiger partial charge in [0.15, 0.2) is 0 Å². The lowest BCUT2D eigenvalue weighted by Crippen LogP contribution is -2.27.